The topological polar surface area (TPSA) is 52.6 Å². The van der Waals surface area contributed by atoms with E-state index in [0.29, 0.717) is 36.6 Å². The van der Waals surface area contributed by atoms with Crippen LogP contribution in [0, 0.1) is 11.8 Å². The van der Waals surface area contributed by atoms with Crippen molar-refractivity contribution in [3.63, 3.8) is 0 Å². The molecule has 0 fully saturated rings. The minimum atomic E-state index is -3.58. The fourth-order valence-corrected chi connectivity index (χ4v) is 30.0. The van der Waals surface area contributed by atoms with Crippen LogP contribution in [0.4, 0.5) is 0 Å². The van der Waals surface area contributed by atoms with E-state index < -0.39 is 15.6 Å². The zero-order valence-electron chi connectivity index (χ0n) is 24.4. The second-order valence-corrected chi connectivity index (χ2v) is 33.7. The Kier molecular flexibility index (Phi) is 17.4. The van der Waals surface area contributed by atoms with E-state index in [-0.39, 0.29) is 11.9 Å². The molecule has 0 radical (unpaired) electrons. The summed E-state index contributed by atoms with van der Waals surface area (Å²) in [6.45, 7) is 9.91. The van der Waals surface area contributed by atoms with Crippen molar-refractivity contribution in [2.45, 2.75) is 79.1 Å². The van der Waals surface area contributed by atoms with Crippen molar-refractivity contribution in [3.8, 4) is 0 Å². The molecular weight excluding hydrogens is 631 g/mol. The number of ether oxygens (including phenoxy) is 2. The van der Waals surface area contributed by atoms with Crippen molar-refractivity contribution >= 4 is 52.6 Å². The van der Waals surface area contributed by atoms with Gasteiger partial charge >= 0.3 is 248 Å². The number of carbonyl (C=O) groups excluding carboxylic acids is 2. The van der Waals surface area contributed by atoms with Crippen LogP contribution in [0.2, 0.25) is 0 Å². The average Bonchev–Trinajstić information content (AvgIpc) is 2.93. The zero-order valence-corrected chi connectivity index (χ0v) is 28.9. The Morgan fingerprint density at radius 2 is 1.00 bits per heavy atom. The first-order chi connectivity index (χ1) is 18.8. The molecule has 7 heteroatoms. The van der Waals surface area contributed by atoms with Gasteiger partial charge in [-0.05, 0) is 0 Å². The third-order valence-corrected chi connectivity index (χ3v) is 34.8. The Balaban J connectivity index is 2.02. The molecule has 0 aliphatic heterocycles. The van der Waals surface area contributed by atoms with E-state index in [2.05, 4.69) is 76.2 Å². The molecule has 216 valence electrons. The summed E-state index contributed by atoms with van der Waals surface area (Å²) in [7, 11) is 3.45. The third kappa shape index (κ3) is 13.9. The fourth-order valence-electron chi connectivity index (χ4n) is 4.30. The van der Waals surface area contributed by atoms with E-state index in [9.17, 15) is 9.59 Å². The first-order valence-electron chi connectivity index (χ1n) is 14.5. The van der Waals surface area contributed by atoms with Crippen molar-refractivity contribution in [3.05, 3.63) is 60.7 Å². The molecule has 0 heterocycles. The number of rotatable bonds is 20. The van der Waals surface area contributed by atoms with Gasteiger partial charge in [-0.25, -0.2) is 0 Å². The second kappa shape index (κ2) is 19.9. The van der Waals surface area contributed by atoms with Crippen molar-refractivity contribution in [2.24, 2.45) is 11.8 Å². The Morgan fingerprint density at radius 1 is 0.615 bits per heavy atom. The van der Waals surface area contributed by atoms with Crippen LogP contribution >= 0.6 is 17.9 Å². The molecule has 4 nitrogen and oxygen atoms in total. The van der Waals surface area contributed by atoms with Crippen LogP contribution < -0.4 is 7.16 Å². The van der Waals surface area contributed by atoms with Gasteiger partial charge in [0.1, 0.15) is 0 Å². The van der Waals surface area contributed by atoms with E-state index in [4.69, 9.17) is 9.47 Å². The summed E-state index contributed by atoms with van der Waals surface area (Å²) >= 11 is -3.58. The monoisotopic (exact) mass is 680 g/mol. The summed E-state index contributed by atoms with van der Waals surface area (Å²) < 4.78 is 13.7. The van der Waals surface area contributed by atoms with Crippen molar-refractivity contribution in [1.29, 1.82) is 0 Å². The fraction of sp³-hybridized carbons (Fsp3) is 0.562. The molecule has 2 aromatic rings. The van der Waals surface area contributed by atoms with Crippen molar-refractivity contribution in [1.82, 2.24) is 0 Å². The normalized spacial score (nSPS) is 11.6. The standard InChI is InChI=1S/2C10H20O2S.2C6H5.Sn/c2*1-9(2)6-4-3-5-7-12-10(11)8-13;2*1-2-4-6-5-3-1;/h2*9,13H,3-8H2,1-2H3;2*1-5H;/q;;;;+2/p-2. The minimum absolute atomic E-state index is 0.165. The summed E-state index contributed by atoms with van der Waals surface area (Å²) in [5, 5.41) is 0. The van der Waals surface area contributed by atoms with Gasteiger partial charge in [0.25, 0.3) is 0 Å². The van der Waals surface area contributed by atoms with E-state index in [1.54, 1.807) is 17.9 Å². The van der Waals surface area contributed by atoms with Crippen LogP contribution in [-0.4, -0.2) is 52.3 Å². The van der Waals surface area contributed by atoms with Crippen LogP contribution in [0.3, 0.4) is 0 Å². The predicted octanol–water partition coefficient (Wildman–Crippen LogP) is 7.23. The number of hydrogen-bond acceptors (Lipinski definition) is 6. The van der Waals surface area contributed by atoms with Gasteiger partial charge in [0.2, 0.25) is 0 Å². The van der Waals surface area contributed by atoms with Gasteiger partial charge in [0, 0.05) is 0 Å². The summed E-state index contributed by atoms with van der Waals surface area (Å²) in [5.74, 6) is 1.69. The van der Waals surface area contributed by atoms with Gasteiger partial charge in [-0.3, -0.25) is 0 Å². The van der Waals surface area contributed by atoms with Gasteiger partial charge < -0.3 is 0 Å². The number of unbranched alkanes of at least 4 members (excludes halogenated alkanes) is 4. The molecule has 0 bridgehead atoms. The van der Waals surface area contributed by atoms with Crippen LogP contribution in [-0.2, 0) is 19.1 Å². The molecule has 0 spiro atoms. The SMILES string of the molecule is CC(C)CCCCCOC(=O)C[S][Sn]([S]CC(=O)OCCCCCC(C)C)([c]1ccccc1)[c]1ccccc1. The van der Waals surface area contributed by atoms with E-state index in [1.165, 1.54) is 32.8 Å². The summed E-state index contributed by atoms with van der Waals surface area (Å²) in [6.07, 6.45) is 8.78. The second-order valence-electron chi connectivity index (χ2n) is 10.9. The third-order valence-electron chi connectivity index (χ3n) is 6.47. The molecule has 2 aromatic carbocycles. The molecular formula is C32H48O4S2Sn. The molecule has 0 saturated heterocycles. The number of benzene rings is 2. The predicted molar refractivity (Wildman–Crippen MR) is 171 cm³/mol. The first-order valence-corrected chi connectivity index (χ1v) is 26.4. The first kappa shape index (κ1) is 34.1. The molecule has 2 rings (SSSR count). The Hall–Kier alpha value is -1.12. The molecule has 0 saturated carbocycles. The van der Waals surface area contributed by atoms with Gasteiger partial charge in [0.05, 0.1) is 0 Å². The van der Waals surface area contributed by atoms with Crippen LogP contribution in [0.15, 0.2) is 60.7 Å². The number of hydrogen-bond donors (Lipinski definition) is 0. The average molecular weight is 680 g/mol. The molecule has 0 aromatic heterocycles. The van der Waals surface area contributed by atoms with E-state index in [1.807, 2.05) is 12.1 Å². The van der Waals surface area contributed by atoms with Crippen LogP contribution in [0.5, 0.6) is 0 Å². The maximum absolute atomic E-state index is 12.8. The van der Waals surface area contributed by atoms with Gasteiger partial charge in [-0.15, -0.1) is 0 Å². The molecule has 0 unspecified atom stereocenters. The van der Waals surface area contributed by atoms with Gasteiger partial charge in [-0.2, -0.15) is 0 Å². The van der Waals surface area contributed by atoms with Crippen LogP contribution in [0.1, 0.15) is 79.1 Å². The van der Waals surface area contributed by atoms with Crippen LogP contribution in [0.25, 0.3) is 0 Å². The molecule has 0 aliphatic rings. The summed E-state index contributed by atoms with van der Waals surface area (Å²) in [4.78, 5) is 25.6. The Bertz CT molecular complexity index is 860. The number of esters is 2. The summed E-state index contributed by atoms with van der Waals surface area (Å²) in [6, 6.07) is 20.9. The van der Waals surface area contributed by atoms with Crippen molar-refractivity contribution < 1.29 is 19.1 Å². The van der Waals surface area contributed by atoms with Gasteiger partial charge in [0.15, 0.2) is 0 Å². The Labute approximate surface area is 246 Å². The molecule has 0 atom stereocenters. The van der Waals surface area contributed by atoms with Crippen molar-refractivity contribution in [2.75, 3.05) is 24.7 Å². The molecule has 39 heavy (non-hydrogen) atoms. The number of carbonyl (C=O) groups is 2. The Morgan fingerprint density at radius 3 is 1.36 bits per heavy atom. The molecule has 0 amide bonds. The van der Waals surface area contributed by atoms with E-state index >= 15 is 0 Å². The summed E-state index contributed by atoms with van der Waals surface area (Å²) in [5.41, 5.74) is 0. The molecule has 0 aliphatic carbocycles. The maximum atomic E-state index is 12.8. The van der Waals surface area contributed by atoms with Gasteiger partial charge in [-0.1, -0.05) is 0 Å². The molecule has 0 N–H and O–H groups in total. The van der Waals surface area contributed by atoms with E-state index in [0.717, 1.165) is 25.7 Å². The quantitative estimate of drug-likeness (QED) is 0.0837. The zero-order chi connectivity index (χ0) is 28.3.